The summed E-state index contributed by atoms with van der Waals surface area (Å²) in [5.74, 6) is -19.1. The van der Waals surface area contributed by atoms with Crippen LogP contribution in [0.1, 0.15) is 193 Å². The van der Waals surface area contributed by atoms with Gasteiger partial charge in [0.1, 0.15) is 72.6 Å². The van der Waals surface area contributed by atoms with Crippen molar-refractivity contribution in [1.29, 1.82) is 0 Å². The summed E-state index contributed by atoms with van der Waals surface area (Å²) >= 11 is 0. The second-order valence-electron chi connectivity index (χ2n) is 26.9. The molecule has 1 aliphatic rings. The molecule has 0 aliphatic carbocycles. The molecule has 1 fully saturated rings. The van der Waals surface area contributed by atoms with E-state index in [-0.39, 0.29) is 68.6 Å². The maximum atomic E-state index is 14.8. The highest BCUT2D eigenvalue weighted by Gasteiger charge is 2.41. The Kier molecular flexibility index (Phi) is 39.2. The minimum atomic E-state index is -2.15. The van der Waals surface area contributed by atoms with Crippen molar-refractivity contribution >= 4 is 82.9 Å². The summed E-state index contributed by atoms with van der Waals surface area (Å²) < 4.78 is 5.59. The number of aliphatic hydroxyl groups is 3. The van der Waals surface area contributed by atoms with Crippen molar-refractivity contribution in [2.75, 3.05) is 13.2 Å². The van der Waals surface area contributed by atoms with E-state index in [1.807, 2.05) is 0 Å². The maximum Gasteiger partial charge on any atom is 0.326 e. The number of aliphatic hydroxyl groups excluding tert-OH is 3. The van der Waals surface area contributed by atoms with E-state index in [2.05, 4.69) is 65.4 Å². The summed E-state index contributed by atoms with van der Waals surface area (Å²) in [6.45, 7) is 21.2. The Balaban J connectivity index is 4.21. The fourth-order valence-corrected chi connectivity index (χ4v) is 10.3. The number of carbonyl (C=O) groups is 14. The molecule has 0 bridgehead atoms. The minimum absolute atomic E-state index is 0.0328. The highest BCUT2D eigenvalue weighted by Crippen LogP contribution is 2.17. The molecule has 95 heavy (non-hydrogen) atoms. The molecule has 0 aromatic heterocycles. The van der Waals surface area contributed by atoms with Crippen molar-refractivity contribution in [2.24, 2.45) is 35.5 Å². The topological polar surface area (TPSA) is 482 Å². The number of rotatable bonds is 30. The lowest BCUT2D eigenvalue weighted by molar-refractivity contribution is -0.156. The Labute approximate surface area is 557 Å². The molecule has 1 aliphatic heterocycles. The van der Waals surface area contributed by atoms with E-state index >= 15 is 0 Å². The number of ether oxygens (including phenoxy) is 1. The Morgan fingerprint density at radius 1 is 0.505 bits per heavy atom. The van der Waals surface area contributed by atoms with Crippen molar-refractivity contribution in [3.05, 3.63) is 0 Å². The van der Waals surface area contributed by atoms with Crippen LogP contribution in [0.2, 0.25) is 0 Å². The Bertz CT molecular complexity index is 2570. The monoisotopic (exact) mass is 1350 g/mol. The van der Waals surface area contributed by atoms with Crippen LogP contribution < -0.4 is 58.5 Å². The number of unbranched alkanes of at least 4 members (excludes halogenated alkanes) is 4. The van der Waals surface area contributed by atoms with Gasteiger partial charge in [0.2, 0.25) is 65.0 Å². The molecule has 31 nitrogen and oxygen atoms in total. The maximum absolute atomic E-state index is 14.8. The van der Waals surface area contributed by atoms with Gasteiger partial charge >= 0.3 is 17.9 Å². The van der Waals surface area contributed by atoms with Crippen LogP contribution in [-0.2, 0) is 71.9 Å². The van der Waals surface area contributed by atoms with Gasteiger partial charge in [0, 0.05) is 0 Å². The number of amides is 11. The zero-order valence-corrected chi connectivity index (χ0v) is 57.9. The molecule has 16 N–H and O–H groups in total. The first kappa shape index (κ1) is 85.5. The van der Waals surface area contributed by atoms with Crippen LogP contribution in [-0.4, -0.2) is 200 Å². The van der Waals surface area contributed by atoms with E-state index in [1.165, 1.54) is 6.92 Å². The molecule has 1 rings (SSSR count). The fourth-order valence-electron chi connectivity index (χ4n) is 10.3. The molecule has 11 amide bonds. The molecular weight excluding hydrogens is 1240 g/mol. The number of carbonyl (C=O) groups excluding carboxylic acids is 12. The minimum Gasteiger partial charge on any atom is -0.481 e. The van der Waals surface area contributed by atoms with Gasteiger partial charge in [-0.15, -0.1) is 0 Å². The zero-order valence-electron chi connectivity index (χ0n) is 57.9. The number of cyclic esters (lactones) is 1. The average molecular weight is 1350 g/mol. The number of aliphatic carboxylic acids is 2. The van der Waals surface area contributed by atoms with Crippen molar-refractivity contribution in [1.82, 2.24) is 58.5 Å². The van der Waals surface area contributed by atoms with Crippen molar-refractivity contribution in [2.45, 2.75) is 272 Å². The van der Waals surface area contributed by atoms with Crippen molar-refractivity contribution in [3.63, 3.8) is 0 Å². The Morgan fingerprint density at radius 2 is 0.926 bits per heavy atom. The molecule has 0 aromatic carbocycles. The number of esters is 1. The number of carboxylic acid groups (broad SMARTS) is 2. The van der Waals surface area contributed by atoms with Crippen molar-refractivity contribution < 1.29 is 97.4 Å². The fraction of sp³-hybridized carbons (Fsp3) is 0.781. The van der Waals surface area contributed by atoms with Crippen LogP contribution in [0.5, 0.6) is 0 Å². The van der Waals surface area contributed by atoms with Gasteiger partial charge < -0.3 is 88.8 Å². The van der Waals surface area contributed by atoms with E-state index in [0.717, 1.165) is 32.6 Å². The molecule has 0 radical (unpaired) electrons. The van der Waals surface area contributed by atoms with Gasteiger partial charge in [-0.25, -0.2) is 4.79 Å². The standard InChI is InChI=1S/C64H111N11O20/c1-15-17-18-19-20-21-39(78)27-49(79)65-40(22-32(3)4)54(83)69-45(28-50(80)81)59(88)75-53-38(14)95-51(82)29-46(64(93)94)71-62(91)52(37(13)16-2)74-58(87)44(26-36(11)12)68-61(90)48(31-77)73-57(86)42(24-34(7)8)67-60(89)47(30-76)72-56(85)41(23-33(5)6)66-55(84)43(25-35(9)10)70-63(53)92/h32-48,52-53,76-78H,15-31H2,1-14H3,(H,65,79)(H,66,84)(H,67,89)(H,68,90)(H,69,83)(H,70,92)(H,71,91)(H,72,85)(H,73,86)(H,74,87)(H,75,88)(H,80,81)(H,93,94)/t37-,38+,39?,40+,41+,42+,43+,44+,45?,46?,47+,48+,52-,53-/m0/s1. The SMILES string of the molecule is CCCCCCCC(O)CC(=O)N[C@H](CC(C)C)C(=O)NC(CC(=O)O)C(=O)N[C@@H]1C(=O)N[C@H](CC(C)C)C(=O)N[C@H](CC(C)C)C(=O)N[C@H](CO)C(=O)N[C@H](CC(C)C)C(=O)N[C@H](CO)C(=O)N[C@H](CC(C)C)C(=O)N[C@@H]([C@@H](C)CC)C(=O)NC(C(=O)O)CC(=O)O[C@@H]1C. The predicted molar refractivity (Wildman–Crippen MR) is 346 cm³/mol. The summed E-state index contributed by atoms with van der Waals surface area (Å²) in [7, 11) is 0. The first-order valence-electron chi connectivity index (χ1n) is 33.2. The van der Waals surface area contributed by atoms with Gasteiger partial charge in [-0.1, -0.05) is 129 Å². The zero-order chi connectivity index (χ0) is 72.6. The second-order valence-corrected chi connectivity index (χ2v) is 26.9. The molecule has 31 heteroatoms. The van der Waals surface area contributed by atoms with E-state index in [1.54, 1.807) is 76.2 Å². The third-order valence-corrected chi connectivity index (χ3v) is 15.6. The molecule has 0 saturated carbocycles. The molecule has 0 aromatic rings. The number of carboxylic acids is 2. The largest absolute Gasteiger partial charge is 0.481 e. The molecular formula is C64H111N11O20. The number of nitrogens with one attached hydrogen (secondary N) is 11. The lowest BCUT2D eigenvalue weighted by Crippen LogP contribution is -2.62. The number of hydrogen-bond donors (Lipinski definition) is 16. The lowest BCUT2D eigenvalue weighted by Gasteiger charge is -2.30. The van der Waals surface area contributed by atoms with Crippen LogP contribution in [0.3, 0.4) is 0 Å². The smallest absolute Gasteiger partial charge is 0.326 e. The predicted octanol–water partition coefficient (Wildman–Crippen LogP) is -0.413. The summed E-state index contributed by atoms with van der Waals surface area (Å²) in [4.78, 5) is 195. The highest BCUT2D eigenvalue weighted by atomic mass is 16.5. The highest BCUT2D eigenvalue weighted by molar-refractivity contribution is 6.00. The normalized spacial score (nSPS) is 24.3. The lowest BCUT2D eigenvalue weighted by atomic mass is 9.96. The first-order chi connectivity index (χ1) is 44.4. The Morgan fingerprint density at radius 3 is 1.33 bits per heavy atom. The molecule has 1 saturated heterocycles. The second kappa shape index (κ2) is 43.5. The van der Waals surface area contributed by atoms with Crippen LogP contribution in [0, 0.1) is 35.5 Å². The van der Waals surface area contributed by atoms with Crippen LogP contribution in [0.4, 0.5) is 0 Å². The van der Waals surface area contributed by atoms with Gasteiger partial charge in [0.05, 0.1) is 38.6 Å². The number of hydrogen-bond acceptors (Lipinski definition) is 18. The quantitative estimate of drug-likeness (QED) is 0.0321. The van der Waals surface area contributed by atoms with Gasteiger partial charge in [-0.2, -0.15) is 0 Å². The van der Waals surface area contributed by atoms with Crippen molar-refractivity contribution in [3.8, 4) is 0 Å². The summed E-state index contributed by atoms with van der Waals surface area (Å²) in [5.41, 5.74) is 0. The van der Waals surface area contributed by atoms with E-state index in [9.17, 15) is 92.7 Å². The van der Waals surface area contributed by atoms with Gasteiger partial charge in [-0.05, 0) is 81.0 Å². The van der Waals surface area contributed by atoms with Gasteiger partial charge in [0.25, 0.3) is 0 Å². The summed E-state index contributed by atoms with van der Waals surface area (Å²) in [5, 5.41) is 78.7. The van der Waals surface area contributed by atoms with Crippen LogP contribution in [0.15, 0.2) is 0 Å². The summed E-state index contributed by atoms with van der Waals surface area (Å²) in [6, 6.07) is -18.9. The first-order valence-corrected chi connectivity index (χ1v) is 33.2. The molecule has 0 spiro atoms. The van der Waals surface area contributed by atoms with E-state index in [0.29, 0.717) is 12.8 Å². The average Bonchev–Trinajstić information content (AvgIpc) is 0.901. The molecule has 3 unspecified atom stereocenters. The molecule has 14 atom stereocenters. The van der Waals surface area contributed by atoms with E-state index < -0.39 is 199 Å². The molecule has 1 heterocycles. The third-order valence-electron chi connectivity index (χ3n) is 15.6. The Hall–Kier alpha value is -7.54. The third kappa shape index (κ3) is 32.6. The van der Waals surface area contributed by atoms with Gasteiger partial charge in [-0.3, -0.25) is 62.3 Å². The van der Waals surface area contributed by atoms with Crippen LogP contribution in [0.25, 0.3) is 0 Å². The van der Waals surface area contributed by atoms with Gasteiger partial charge in [0.15, 0.2) is 0 Å². The van der Waals surface area contributed by atoms with Crippen LogP contribution >= 0.6 is 0 Å². The van der Waals surface area contributed by atoms with E-state index in [4.69, 9.17) is 4.74 Å². The molecule has 542 valence electrons. The summed E-state index contributed by atoms with van der Waals surface area (Å²) in [6.07, 6.45) is -1.22.